The summed E-state index contributed by atoms with van der Waals surface area (Å²) in [6, 6.07) is 6.07. The average Bonchev–Trinajstić information content (AvgIpc) is 3.51. The fourth-order valence-electron chi connectivity index (χ4n) is 4.74. The number of likely N-dealkylation sites (N-methyl/N-ethyl adjacent to an activating group) is 1. The predicted molar refractivity (Wildman–Crippen MR) is 149 cm³/mol. The number of anilines is 1. The number of nitrogens with zero attached hydrogens (tertiary/aromatic N) is 6. The molecule has 0 atom stereocenters. The molecule has 0 unspecified atom stereocenters. The van der Waals surface area contributed by atoms with Crippen LogP contribution in [0.1, 0.15) is 12.0 Å². The standard InChI is InChI=1S/C26H27ClF3N7O2S/c1-34-10-12-35(13-11-34)8-3-9-36-16-31-24(33-36)22-19(27)15-40-25(22)32-20(38)14-37-21(39)7-6-17-4-2-5-18(23(17)37)26(28,29)30/h2,4-7,15-16H,3,8-14H2,1H3,(H,32,38). The van der Waals surface area contributed by atoms with Gasteiger partial charge in [0.2, 0.25) is 5.91 Å². The molecule has 1 fully saturated rings. The third kappa shape index (κ3) is 6.22. The third-order valence-corrected chi connectivity index (χ3v) is 8.16. The summed E-state index contributed by atoms with van der Waals surface area (Å²) in [6.07, 6.45) is -2.20. The van der Waals surface area contributed by atoms with Crippen LogP contribution in [0.15, 0.2) is 46.8 Å². The van der Waals surface area contributed by atoms with E-state index in [9.17, 15) is 22.8 Å². The Morgan fingerprint density at radius 3 is 2.65 bits per heavy atom. The van der Waals surface area contributed by atoms with Gasteiger partial charge in [-0.2, -0.15) is 18.3 Å². The molecule has 3 aromatic heterocycles. The molecule has 0 radical (unpaired) electrons. The first-order valence-corrected chi connectivity index (χ1v) is 13.9. The van der Waals surface area contributed by atoms with E-state index in [1.54, 1.807) is 16.4 Å². The number of nitrogens with one attached hydrogen (secondary N) is 1. The van der Waals surface area contributed by atoms with Gasteiger partial charge in [-0.15, -0.1) is 11.3 Å². The van der Waals surface area contributed by atoms with Crippen molar-refractivity contribution in [2.75, 3.05) is 45.1 Å². The van der Waals surface area contributed by atoms with Gasteiger partial charge < -0.3 is 15.1 Å². The average molecular weight is 594 g/mol. The first kappa shape index (κ1) is 28.3. The Morgan fingerprint density at radius 2 is 1.90 bits per heavy atom. The molecule has 0 aliphatic carbocycles. The molecular weight excluding hydrogens is 567 g/mol. The quantitative estimate of drug-likeness (QED) is 0.328. The van der Waals surface area contributed by atoms with Gasteiger partial charge in [0.25, 0.3) is 5.56 Å². The summed E-state index contributed by atoms with van der Waals surface area (Å²) < 4.78 is 43.6. The summed E-state index contributed by atoms with van der Waals surface area (Å²) in [6.45, 7) is 5.17. The van der Waals surface area contributed by atoms with E-state index in [0.717, 1.165) is 67.2 Å². The summed E-state index contributed by atoms with van der Waals surface area (Å²) in [4.78, 5) is 34.7. The smallest absolute Gasteiger partial charge is 0.315 e. The van der Waals surface area contributed by atoms with Crippen molar-refractivity contribution in [3.63, 3.8) is 0 Å². The lowest BCUT2D eigenvalue weighted by atomic mass is 10.1. The van der Waals surface area contributed by atoms with E-state index in [1.165, 1.54) is 18.2 Å². The molecule has 0 saturated carbocycles. The van der Waals surface area contributed by atoms with Crippen LogP contribution in [0.5, 0.6) is 0 Å². The van der Waals surface area contributed by atoms with Gasteiger partial charge in [-0.3, -0.25) is 18.8 Å². The number of halogens is 4. The molecule has 1 aliphatic heterocycles. The highest BCUT2D eigenvalue weighted by molar-refractivity contribution is 7.15. The Morgan fingerprint density at radius 1 is 1.12 bits per heavy atom. The van der Waals surface area contributed by atoms with Crippen molar-refractivity contribution in [3.8, 4) is 11.4 Å². The number of hydrogen-bond donors (Lipinski definition) is 1. The van der Waals surface area contributed by atoms with Gasteiger partial charge in [-0.1, -0.05) is 23.7 Å². The number of alkyl halides is 3. The van der Waals surface area contributed by atoms with Crippen LogP contribution in [-0.4, -0.2) is 74.8 Å². The fraction of sp³-hybridized carbons (Fsp3) is 0.385. The van der Waals surface area contributed by atoms with Crippen molar-refractivity contribution in [3.05, 3.63) is 63.0 Å². The van der Waals surface area contributed by atoms with E-state index in [1.807, 2.05) is 0 Å². The molecule has 4 heterocycles. The molecule has 1 N–H and O–H groups in total. The Labute approximate surface area is 236 Å². The van der Waals surface area contributed by atoms with Gasteiger partial charge >= 0.3 is 6.18 Å². The molecular formula is C26H27ClF3N7O2S. The van der Waals surface area contributed by atoms with Crippen molar-refractivity contribution in [1.82, 2.24) is 29.1 Å². The molecule has 9 nitrogen and oxygen atoms in total. The second-order valence-corrected chi connectivity index (χ2v) is 11.0. The zero-order valence-electron chi connectivity index (χ0n) is 21.6. The number of carbonyl (C=O) groups is 1. The van der Waals surface area contributed by atoms with E-state index < -0.39 is 29.8 Å². The molecule has 1 aliphatic rings. The summed E-state index contributed by atoms with van der Waals surface area (Å²) in [5, 5.41) is 9.69. The highest BCUT2D eigenvalue weighted by atomic mass is 35.5. The zero-order chi connectivity index (χ0) is 28.4. The van der Waals surface area contributed by atoms with Gasteiger partial charge in [0, 0.05) is 50.7 Å². The van der Waals surface area contributed by atoms with Crippen molar-refractivity contribution >= 4 is 44.7 Å². The number of fused-ring (bicyclic) bond motifs is 1. The molecule has 1 aromatic carbocycles. The van der Waals surface area contributed by atoms with Gasteiger partial charge in [0.05, 0.1) is 21.7 Å². The maximum absolute atomic E-state index is 13.7. The molecule has 212 valence electrons. The molecule has 14 heteroatoms. The minimum absolute atomic E-state index is 0.199. The highest BCUT2D eigenvalue weighted by Crippen LogP contribution is 2.39. The molecule has 40 heavy (non-hydrogen) atoms. The maximum atomic E-state index is 13.7. The number of rotatable bonds is 8. The van der Waals surface area contributed by atoms with Gasteiger partial charge in [-0.25, -0.2) is 4.98 Å². The molecule has 0 bridgehead atoms. The maximum Gasteiger partial charge on any atom is 0.418 e. The number of thiophene rings is 1. The normalized spacial score (nSPS) is 15.1. The Hall–Kier alpha value is -3.26. The molecule has 1 saturated heterocycles. The molecule has 1 amide bonds. The minimum Gasteiger partial charge on any atom is -0.315 e. The van der Waals surface area contributed by atoms with Crippen LogP contribution >= 0.6 is 22.9 Å². The Balaban J connectivity index is 1.30. The van der Waals surface area contributed by atoms with Crippen molar-refractivity contribution in [2.45, 2.75) is 25.7 Å². The molecule has 4 aromatic rings. The van der Waals surface area contributed by atoms with Gasteiger partial charge in [-0.05, 0) is 31.0 Å². The second-order valence-electron chi connectivity index (χ2n) is 9.66. The van der Waals surface area contributed by atoms with E-state index >= 15 is 0 Å². The molecule has 5 rings (SSSR count). The number of carbonyl (C=O) groups excluding carboxylic acids is 1. The lowest BCUT2D eigenvalue weighted by molar-refractivity contribution is -0.136. The SMILES string of the molecule is CN1CCN(CCCn2cnc(-c3c(Cl)csc3NC(=O)Cn3c(=O)ccc4cccc(C(F)(F)F)c43)n2)CC1. The van der Waals surface area contributed by atoms with Crippen molar-refractivity contribution in [2.24, 2.45) is 0 Å². The first-order valence-electron chi connectivity index (χ1n) is 12.7. The monoisotopic (exact) mass is 593 g/mol. The number of para-hydroxylation sites is 1. The van der Waals surface area contributed by atoms with Gasteiger partial charge in [0.1, 0.15) is 17.9 Å². The highest BCUT2D eigenvalue weighted by Gasteiger charge is 2.34. The summed E-state index contributed by atoms with van der Waals surface area (Å²) in [7, 11) is 2.12. The summed E-state index contributed by atoms with van der Waals surface area (Å²) in [5.41, 5.74) is -1.64. The predicted octanol–water partition coefficient (Wildman–Crippen LogP) is 4.27. The van der Waals surface area contributed by atoms with E-state index in [-0.39, 0.29) is 10.9 Å². The van der Waals surface area contributed by atoms with Crippen LogP contribution < -0.4 is 10.9 Å². The Kier molecular flexibility index (Phi) is 8.26. The van der Waals surface area contributed by atoms with Crippen molar-refractivity contribution < 1.29 is 18.0 Å². The van der Waals surface area contributed by atoms with Crippen LogP contribution in [0.4, 0.5) is 18.2 Å². The minimum atomic E-state index is -4.70. The lowest BCUT2D eigenvalue weighted by Crippen LogP contribution is -2.44. The summed E-state index contributed by atoms with van der Waals surface area (Å²) >= 11 is 7.54. The zero-order valence-corrected chi connectivity index (χ0v) is 23.2. The third-order valence-electron chi connectivity index (χ3n) is 6.83. The van der Waals surface area contributed by atoms with Gasteiger partial charge in [0.15, 0.2) is 5.82 Å². The van der Waals surface area contributed by atoms with E-state index in [0.29, 0.717) is 28.0 Å². The number of aromatic nitrogens is 4. The first-order chi connectivity index (χ1) is 19.1. The lowest BCUT2D eigenvalue weighted by Gasteiger charge is -2.32. The fourth-order valence-corrected chi connectivity index (χ4v) is 5.94. The second kappa shape index (κ2) is 11.7. The number of pyridine rings is 1. The number of piperazine rings is 1. The van der Waals surface area contributed by atoms with Crippen LogP contribution in [-0.2, 0) is 24.1 Å². The number of amides is 1. The largest absolute Gasteiger partial charge is 0.418 e. The summed E-state index contributed by atoms with van der Waals surface area (Å²) in [5.74, 6) is -0.360. The topological polar surface area (TPSA) is 88.3 Å². The van der Waals surface area contributed by atoms with Crippen LogP contribution in [0, 0.1) is 0 Å². The number of aryl methyl sites for hydroxylation is 1. The van der Waals surface area contributed by atoms with Crippen LogP contribution in [0.2, 0.25) is 5.02 Å². The van der Waals surface area contributed by atoms with Crippen LogP contribution in [0.3, 0.4) is 0 Å². The van der Waals surface area contributed by atoms with E-state index in [4.69, 9.17) is 11.6 Å². The van der Waals surface area contributed by atoms with Crippen molar-refractivity contribution in [1.29, 1.82) is 0 Å². The number of hydrogen-bond acceptors (Lipinski definition) is 7. The number of benzene rings is 1. The Bertz CT molecular complexity index is 1570. The van der Waals surface area contributed by atoms with E-state index in [2.05, 4.69) is 32.2 Å². The van der Waals surface area contributed by atoms with Crippen LogP contribution in [0.25, 0.3) is 22.3 Å². The molecule has 0 spiro atoms.